The Balaban J connectivity index is 1.92. The van der Waals surface area contributed by atoms with Gasteiger partial charge in [-0.3, -0.25) is 0 Å². The summed E-state index contributed by atoms with van der Waals surface area (Å²) >= 11 is 0. The lowest BCUT2D eigenvalue weighted by Gasteiger charge is -2.16. The average molecular weight is 423 g/mol. The van der Waals surface area contributed by atoms with Gasteiger partial charge >= 0.3 is 0 Å². The summed E-state index contributed by atoms with van der Waals surface area (Å²) in [4.78, 5) is 0. The van der Waals surface area contributed by atoms with Gasteiger partial charge in [-0.05, 0) is 72.3 Å². The van der Waals surface area contributed by atoms with Crippen molar-refractivity contribution in [3.05, 3.63) is 59.2 Å². The first-order valence-corrected chi connectivity index (χ1v) is 13.0. The summed E-state index contributed by atoms with van der Waals surface area (Å²) in [7, 11) is 0. The highest BCUT2D eigenvalue weighted by Crippen LogP contribution is 2.27. The topological polar surface area (TPSA) is 20.2 Å². The molecule has 0 spiro atoms. The number of aryl methyl sites for hydroxylation is 3. The van der Waals surface area contributed by atoms with E-state index >= 15 is 0 Å². The van der Waals surface area contributed by atoms with E-state index in [1.165, 1.54) is 85.6 Å². The minimum Gasteiger partial charge on any atom is -0.396 e. The Morgan fingerprint density at radius 2 is 1.39 bits per heavy atom. The number of benzene rings is 2. The van der Waals surface area contributed by atoms with E-state index in [2.05, 4.69) is 63.2 Å². The molecule has 0 radical (unpaired) electrons. The Morgan fingerprint density at radius 1 is 0.677 bits per heavy atom. The number of hydrogen-bond donors (Lipinski definition) is 1. The molecule has 1 unspecified atom stereocenters. The van der Waals surface area contributed by atoms with Crippen LogP contribution in [-0.4, -0.2) is 11.7 Å². The largest absolute Gasteiger partial charge is 0.396 e. The molecule has 0 amide bonds. The number of aliphatic hydroxyl groups excluding tert-OH is 1. The molecule has 0 saturated carbocycles. The molecule has 2 aromatic carbocycles. The Morgan fingerprint density at radius 3 is 2.06 bits per heavy atom. The Bertz CT molecular complexity index is 716. The van der Waals surface area contributed by atoms with Crippen LogP contribution in [0.5, 0.6) is 0 Å². The lowest BCUT2D eigenvalue weighted by atomic mass is 9.90. The van der Waals surface area contributed by atoms with E-state index in [4.69, 9.17) is 5.11 Å². The number of hydrogen-bond acceptors (Lipinski definition) is 1. The van der Waals surface area contributed by atoms with Crippen molar-refractivity contribution in [1.29, 1.82) is 0 Å². The molecule has 1 N–H and O–H groups in total. The van der Waals surface area contributed by atoms with E-state index in [1.807, 2.05) is 0 Å². The molecule has 0 saturated heterocycles. The summed E-state index contributed by atoms with van der Waals surface area (Å²) in [6.45, 7) is 7.18. The summed E-state index contributed by atoms with van der Waals surface area (Å²) in [5.74, 6) is 0.929. The number of unbranched alkanes of at least 4 members (excludes halogenated alkanes) is 3. The molecule has 2 rings (SSSR count). The van der Waals surface area contributed by atoms with Gasteiger partial charge in [0.25, 0.3) is 0 Å². The zero-order valence-corrected chi connectivity index (χ0v) is 20.5. The van der Waals surface area contributed by atoms with Crippen molar-refractivity contribution in [1.82, 2.24) is 0 Å². The molecule has 0 aromatic heterocycles. The summed E-state index contributed by atoms with van der Waals surface area (Å²) < 4.78 is 0. The second-order valence-electron chi connectivity index (χ2n) is 9.27. The number of rotatable bonds is 16. The fourth-order valence-electron chi connectivity index (χ4n) is 4.79. The Hall–Kier alpha value is -1.60. The van der Waals surface area contributed by atoms with Crippen LogP contribution >= 0.6 is 0 Å². The second-order valence-corrected chi connectivity index (χ2v) is 9.27. The molecule has 31 heavy (non-hydrogen) atoms. The molecule has 0 bridgehead atoms. The molecule has 0 heterocycles. The second kappa shape index (κ2) is 15.2. The van der Waals surface area contributed by atoms with Gasteiger partial charge in [-0.2, -0.15) is 0 Å². The van der Waals surface area contributed by atoms with Crippen LogP contribution in [-0.2, 0) is 19.3 Å². The zero-order chi connectivity index (χ0) is 22.3. The fraction of sp³-hybridized carbons (Fsp3) is 0.600. The summed E-state index contributed by atoms with van der Waals surface area (Å²) in [5, 5.41) is 9.01. The minimum absolute atomic E-state index is 0.295. The van der Waals surface area contributed by atoms with Gasteiger partial charge in [0.1, 0.15) is 0 Å². The first-order valence-electron chi connectivity index (χ1n) is 13.0. The SMILES string of the molecule is CCCCCC(CCC)CCCc1ccc(-c2ccc(CCCCO)cc2CC)cc1. The highest BCUT2D eigenvalue weighted by molar-refractivity contribution is 5.68. The van der Waals surface area contributed by atoms with Crippen molar-refractivity contribution in [3.8, 4) is 11.1 Å². The van der Waals surface area contributed by atoms with E-state index < -0.39 is 0 Å². The van der Waals surface area contributed by atoms with Crippen molar-refractivity contribution < 1.29 is 5.11 Å². The smallest absolute Gasteiger partial charge is 0.0431 e. The summed E-state index contributed by atoms with van der Waals surface area (Å²) in [6.07, 6.45) is 16.3. The maximum atomic E-state index is 9.01. The Kier molecular flexibility index (Phi) is 12.6. The minimum atomic E-state index is 0.295. The van der Waals surface area contributed by atoms with E-state index in [-0.39, 0.29) is 0 Å². The lowest BCUT2D eigenvalue weighted by molar-refractivity contribution is 0.284. The van der Waals surface area contributed by atoms with E-state index in [1.54, 1.807) is 0 Å². The predicted octanol–water partition coefficient (Wildman–Crippen LogP) is 8.55. The van der Waals surface area contributed by atoms with Gasteiger partial charge < -0.3 is 5.11 Å². The molecular formula is C30H46O. The van der Waals surface area contributed by atoms with Crippen LogP contribution in [0.25, 0.3) is 11.1 Å². The summed E-state index contributed by atoms with van der Waals surface area (Å²) in [5.41, 5.74) is 7.02. The lowest BCUT2D eigenvalue weighted by Crippen LogP contribution is -2.01. The molecule has 2 aromatic rings. The van der Waals surface area contributed by atoms with Crippen LogP contribution in [0.2, 0.25) is 0 Å². The van der Waals surface area contributed by atoms with Crippen LogP contribution in [0.4, 0.5) is 0 Å². The third-order valence-electron chi connectivity index (χ3n) is 6.68. The van der Waals surface area contributed by atoms with Crippen molar-refractivity contribution in [2.75, 3.05) is 6.61 Å². The number of aliphatic hydroxyl groups is 1. The van der Waals surface area contributed by atoms with Gasteiger partial charge in [0.2, 0.25) is 0 Å². The third-order valence-corrected chi connectivity index (χ3v) is 6.68. The molecule has 0 aliphatic carbocycles. The monoisotopic (exact) mass is 422 g/mol. The van der Waals surface area contributed by atoms with Crippen LogP contribution < -0.4 is 0 Å². The Labute approximate surface area is 192 Å². The molecule has 172 valence electrons. The van der Waals surface area contributed by atoms with Gasteiger partial charge in [0.05, 0.1) is 0 Å². The molecule has 1 nitrogen and oxygen atoms in total. The molecule has 0 aliphatic rings. The molecule has 0 fully saturated rings. The maximum absolute atomic E-state index is 9.01. The first-order chi connectivity index (χ1) is 15.2. The zero-order valence-electron chi connectivity index (χ0n) is 20.5. The standard InChI is InChI=1S/C30H46O/c1-4-7-8-13-25(12-5-2)15-11-16-26-17-20-29(21-18-26)30-22-19-27(14-9-10-23-31)24-28(30)6-3/h17-22,24-25,31H,4-16,23H2,1-3H3. The van der Waals surface area contributed by atoms with Crippen LogP contribution in [0.1, 0.15) is 102 Å². The maximum Gasteiger partial charge on any atom is 0.0431 e. The van der Waals surface area contributed by atoms with Crippen molar-refractivity contribution in [3.63, 3.8) is 0 Å². The highest BCUT2D eigenvalue weighted by Gasteiger charge is 2.09. The van der Waals surface area contributed by atoms with Crippen LogP contribution in [0.3, 0.4) is 0 Å². The molecule has 1 atom stereocenters. The normalized spacial score (nSPS) is 12.3. The fourth-order valence-corrected chi connectivity index (χ4v) is 4.79. The predicted molar refractivity (Wildman–Crippen MR) is 137 cm³/mol. The molecule has 1 heteroatoms. The summed E-state index contributed by atoms with van der Waals surface area (Å²) in [6, 6.07) is 16.3. The molecular weight excluding hydrogens is 376 g/mol. The quantitative estimate of drug-likeness (QED) is 0.269. The van der Waals surface area contributed by atoms with Gasteiger partial charge in [0.15, 0.2) is 0 Å². The van der Waals surface area contributed by atoms with Crippen LogP contribution in [0.15, 0.2) is 42.5 Å². The van der Waals surface area contributed by atoms with E-state index in [0.29, 0.717) is 6.61 Å². The highest BCUT2D eigenvalue weighted by atomic mass is 16.2. The first kappa shape index (κ1) is 25.7. The average Bonchev–Trinajstić information content (AvgIpc) is 2.80. The van der Waals surface area contributed by atoms with E-state index in [9.17, 15) is 0 Å². The third kappa shape index (κ3) is 9.19. The van der Waals surface area contributed by atoms with Crippen molar-refractivity contribution >= 4 is 0 Å². The van der Waals surface area contributed by atoms with Gasteiger partial charge in [-0.15, -0.1) is 0 Å². The van der Waals surface area contributed by atoms with Gasteiger partial charge in [0, 0.05) is 6.61 Å². The molecule has 0 aliphatic heterocycles. The van der Waals surface area contributed by atoms with E-state index in [0.717, 1.165) is 31.6 Å². The van der Waals surface area contributed by atoms with Crippen molar-refractivity contribution in [2.45, 2.75) is 104 Å². The van der Waals surface area contributed by atoms with Gasteiger partial charge in [-0.25, -0.2) is 0 Å². The van der Waals surface area contributed by atoms with Crippen molar-refractivity contribution in [2.24, 2.45) is 5.92 Å². The van der Waals surface area contributed by atoms with Gasteiger partial charge in [-0.1, -0.05) is 108 Å². The van der Waals surface area contributed by atoms with Crippen LogP contribution in [0, 0.1) is 5.92 Å².